The van der Waals surface area contributed by atoms with Crippen LogP contribution in [-0.2, 0) is 0 Å². The van der Waals surface area contributed by atoms with E-state index >= 15 is 0 Å². The summed E-state index contributed by atoms with van der Waals surface area (Å²) in [6.45, 7) is 7.79. The van der Waals surface area contributed by atoms with Crippen molar-refractivity contribution in [3.05, 3.63) is 59.4 Å². The first-order chi connectivity index (χ1) is 9.77. The van der Waals surface area contributed by atoms with Crippen LogP contribution in [0.1, 0.15) is 36.6 Å². The number of nitrogens with zero attached hydrogens (tertiary/aromatic N) is 1. The van der Waals surface area contributed by atoms with Gasteiger partial charge < -0.3 is 10.1 Å². The summed E-state index contributed by atoms with van der Waals surface area (Å²) in [5.41, 5.74) is 3.59. The van der Waals surface area contributed by atoms with E-state index < -0.39 is 0 Å². The van der Waals surface area contributed by atoms with Gasteiger partial charge in [-0.3, -0.25) is 4.98 Å². The van der Waals surface area contributed by atoms with Crippen molar-refractivity contribution in [2.45, 2.75) is 26.8 Å². The van der Waals surface area contributed by atoms with E-state index in [0.29, 0.717) is 6.61 Å². The summed E-state index contributed by atoms with van der Waals surface area (Å²) in [4.78, 5) is 4.27. The number of aryl methyl sites for hydroxylation is 1. The molecule has 0 aliphatic heterocycles. The zero-order valence-corrected chi connectivity index (χ0v) is 12.4. The van der Waals surface area contributed by atoms with Crippen molar-refractivity contribution in [2.24, 2.45) is 0 Å². The van der Waals surface area contributed by atoms with Crippen molar-refractivity contribution in [1.82, 2.24) is 10.3 Å². The quantitative estimate of drug-likeness (QED) is 0.872. The highest BCUT2D eigenvalue weighted by molar-refractivity contribution is 5.43. The highest BCUT2D eigenvalue weighted by Crippen LogP contribution is 2.31. The molecular formula is C17H22N2O. The predicted molar refractivity (Wildman–Crippen MR) is 82.1 cm³/mol. The van der Waals surface area contributed by atoms with Crippen LogP contribution in [0.2, 0.25) is 0 Å². The van der Waals surface area contributed by atoms with Gasteiger partial charge in [0.15, 0.2) is 0 Å². The topological polar surface area (TPSA) is 34.2 Å². The van der Waals surface area contributed by atoms with Gasteiger partial charge in [-0.1, -0.05) is 25.1 Å². The van der Waals surface area contributed by atoms with E-state index in [-0.39, 0.29) is 6.04 Å². The highest BCUT2D eigenvalue weighted by Gasteiger charge is 2.18. The molecule has 3 nitrogen and oxygen atoms in total. The molecule has 0 aliphatic carbocycles. The molecule has 0 saturated heterocycles. The van der Waals surface area contributed by atoms with Gasteiger partial charge in [0, 0.05) is 18.0 Å². The number of hydrogen-bond acceptors (Lipinski definition) is 3. The highest BCUT2D eigenvalue weighted by atomic mass is 16.5. The minimum absolute atomic E-state index is 0.108. The lowest BCUT2D eigenvalue weighted by atomic mass is 9.96. The van der Waals surface area contributed by atoms with Gasteiger partial charge in [0.2, 0.25) is 0 Å². The number of nitrogens with one attached hydrogen (secondary N) is 1. The van der Waals surface area contributed by atoms with Crippen molar-refractivity contribution >= 4 is 0 Å². The molecule has 1 N–H and O–H groups in total. The monoisotopic (exact) mass is 270 g/mol. The van der Waals surface area contributed by atoms with Crippen LogP contribution in [0, 0.1) is 6.92 Å². The van der Waals surface area contributed by atoms with E-state index in [0.717, 1.165) is 17.9 Å². The molecule has 0 amide bonds. The smallest absolute Gasteiger partial charge is 0.124 e. The average molecular weight is 270 g/mol. The number of ether oxygens (including phenoxy) is 1. The maximum absolute atomic E-state index is 5.77. The molecule has 0 radical (unpaired) electrons. The van der Waals surface area contributed by atoms with E-state index in [9.17, 15) is 0 Å². The third kappa shape index (κ3) is 3.17. The summed E-state index contributed by atoms with van der Waals surface area (Å²) in [5, 5.41) is 3.53. The molecule has 1 aromatic carbocycles. The minimum Gasteiger partial charge on any atom is -0.494 e. The second-order valence-electron chi connectivity index (χ2n) is 4.69. The van der Waals surface area contributed by atoms with Crippen molar-refractivity contribution < 1.29 is 4.74 Å². The summed E-state index contributed by atoms with van der Waals surface area (Å²) in [6.07, 6.45) is 3.77. The molecule has 2 aromatic rings. The summed E-state index contributed by atoms with van der Waals surface area (Å²) in [6, 6.07) is 10.3. The lowest BCUT2D eigenvalue weighted by Gasteiger charge is -2.22. The Labute approximate surface area is 121 Å². The zero-order chi connectivity index (χ0) is 14.4. The molecule has 0 saturated carbocycles. The van der Waals surface area contributed by atoms with Gasteiger partial charge in [-0.05, 0) is 43.7 Å². The number of para-hydroxylation sites is 1. The van der Waals surface area contributed by atoms with Crippen LogP contribution in [0.4, 0.5) is 0 Å². The Balaban J connectivity index is 2.46. The number of benzene rings is 1. The largest absolute Gasteiger partial charge is 0.494 e. The molecule has 20 heavy (non-hydrogen) atoms. The fraction of sp³-hybridized carbons (Fsp3) is 0.353. The number of hydrogen-bond donors (Lipinski definition) is 1. The standard InChI is InChI=1S/C17H22N2O/c1-4-19-17(15-12-18-11-10-13(15)3)14-8-6-7-9-16(14)20-5-2/h6-12,17,19H,4-5H2,1-3H3. The fourth-order valence-corrected chi connectivity index (χ4v) is 2.38. The van der Waals surface area contributed by atoms with Gasteiger partial charge in [0.1, 0.15) is 5.75 Å². The molecule has 106 valence electrons. The van der Waals surface area contributed by atoms with Crippen LogP contribution in [0.25, 0.3) is 0 Å². The molecule has 1 unspecified atom stereocenters. The first kappa shape index (κ1) is 14.5. The van der Waals surface area contributed by atoms with Gasteiger partial charge in [0.25, 0.3) is 0 Å². The molecule has 1 atom stereocenters. The van der Waals surface area contributed by atoms with E-state index in [1.54, 1.807) is 0 Å². The minimum atomic E-state index is 0.108. The van der Waals surface area contributed by atoms with Gasteiger partial charge in [-0.15, -0.1) is 0 Å². The van der Waals surface area contributed by atoms with Crippen molar-refractivity contribution in [1.29, 1.82) is 0 Å². The molecule has 0 aliphatic rings. The zero-order valence-electron chi connectivity index (χ0n) is 12.4. The molecular weight excluding hydrogens is 248 g/mol. The Morgan fingerprint density at radius 3 is 2.65 bits per heavy atom. The van der Waals surface area contributed by atoms with Crippen LogP contribution in [0.5, 0.6) is 5.75 Å². The summed E-state index contributed by atoms with van der Waals surface area (Å²) < 4.78 is 5.77. The van der Waals surface area contributed by atoms with Crippen LogP contribution in [-0.4, -0.2) is 18.1 Å². The Morgan fingerprint density at radius 1 is 1.15 bits per heavy atom. The van der Waals surface area contributed by atoms with Crippen molar-refractivity contribution in [3.63, 3.8) is 0 Å². The average Bonchev–Trinajstić information content (AvgIpc) is 2.47. The van der Waals surface area contributed by atoms with E-state index in [2.05, 4.69) is 30.2 Å². The summed E-state index contributed by atoms with van der Waals surface area (Å²) in [7, 11) is 0. The van der Waals surface area contributed by atoms with E-state index in [1.807, 2.05) is 43.6 Å². The molecule has 1 aromatic heterocycles. The van der Waals surface area contributed by atoms with Gasteiger partial charge >= 0.3 is 0 Å². The van der Waals surface area contributed by atoms with Crippen LogP contribution in [0.15, 0.2) is 42.7 Å². The SMILES string of the molecule is CCNC(c1cnccc1C)c1ccccc1OCC. The Morgan fingerprint density at radius 2 is 1.95 bits per heavy atom. The Hall–Kier alpha value is -1.87. The molecule has 1 heterocycles. The first-order valence-corrected chi connectivity index (χ1v) is 7.13. The lowest BCUT2D eigenvalue weighted by Crippen LogP contribution is -2.23. The van der Waals surface area contributed by atoms with Crippen molar-refractivity contribution in [2.75, 3.05) is 13.2 Å². The summed E-state index contributed by atoms with van der Waals surface area (Å²) >= 11 is 0. The Bertz CT molecular complexity index is 554. The maximum Gasteiger partial charge on any atom is 0.124 e. The molecule has 0 spiro atoms. The van der Waals surface area contributed by atoms with Gasteiger partial charge in [-0.25, -0.2) is 0 Å². The van der Waals surface area contributed by atoms with E-state index in [1.165, 1.54) is 11.1 Å². The third-order valence-corrected chi connectivity index (χ3v) is 3.33. The fourth-order valence-electron chi connectivity index (χ4n) is 2.38. The molecule has 2 rings (SSSR count). The summed E-state index contributed by atoms with van der Waals surface area (Å²) in [5.74, 6) is 0.934. The Kier molecular flexibility index (Phi) is 5.13. The molecule has 0 fully saturated rings. The number of aromatic nitrogens is 1. The van der Waals surface area contributed by atoms with Crippen LogP contribution >= 0.6 is 0 Å². The second-order valence-corrected chi connectivity index (χ2v) is 4.69. The van der Waals surface area contributed by atoms with Gasteiger partial charge in [-0.2, -0.15) is 0 Å². The van der Waals surface area contributed by atoms with Crippen molar-refractivity contribution in [3.8, 4) is 5.75 Å². The normalized spacial score (nSPS) is 12.2. The molecule has 0 bridgehead atoms. The predicted octanol–water partition coefficient (Wildman–Crippen LogP) is 3.49. The first-order valence-electron chi connectivity index (χ1n) is 7.13. The van der Waals surface area contributed by atoms with Crippen LogP contribution < -0.4 is 10.1 Å². The number of pyridine rings is 1. The lowest BCUT2D eigenvalue weighted by molar-refractivity contribution is 0.333. The maximum atomic E-state index is 5.77. The second kappa shape index (κ2) is 7.06. The number of rotatable bonds is 6. The van der Waals surface area contributed by atoms with E-state index in [4.69, 9.17) is 4.74 Å². The van der Waals surface area contributed by atoms with Gasteiger partial charge in [0.05, 0.1) is 12.6 Å². The third-order valence-electron chi connectivity index (χ3n) is 3.33. The van der Waals surface area contributed by atoms with Crippen LogP contribution in [0.3, 0.4) is 0 Å². The molecule has 3 heteroatoms.